The molecular weight excluding hydrogens is 258 g/mol. The fourth-order valence-corrected chi connectivity index (χ4v) is 2.75. The molecule has 98 valence electrons. The third-order valence-electron chi connectivity index (χ3n) is 3.54. The van der Waals surface area contributed by atoms with Crippen molar-refractivity contribution in [3.8, 4) is 0 Å². The van der Waals surface area contributed by atoms with E-state index in [2.05, 4.69) is 15.3 Å². The molecule has 0 fully saturated rings. The van der Waals surface area contributed by atoms with Gasteiger partial charge in [-0.15, -0.1) is 11.6 Å². The Morgan fingerprint density at radius 3 is 2.84 bits per heavy atom. The molecule has 0 bridgehead atoms. The molecule has 0 spiro atoms. The summed E-state index contributed by atoms with van der Waals surface area (Å²) in [5.74, 6) is 1.43. The van der Waals surface area contributed by atoms with Crippen LogP contribution in [0.5, 0.6) is 0 Å². The average molecular weight is 274 g/mol. The van der Waals surface area contributed by atoms with Gasteiger partial charge in [0.15, 0.2) is 0 Å². The summed E-state index contributed by atoms with van der Waals surface area (Å²) in [5, 5.41) is 3.42. The summed E-state index contributed by atoms with van der Waals surface area (Å²) in [5.41, 5.74) is 4.57. The number of benzene rings is 1. The van der Waals surface area contributed by atoms with Gasteiger partial charge in [0.25, 0.3) is 0 Å². The number of anilines is 2. The molecule has 1 aromatic heterocycles. The van der Waals surface area contributed by atoms with Gasteiger partial charge in [-0.05, 0) is 37.3 Å². The molecule has 1 heterocycles. The molecule has 1 N–H and O–H groups in total. The van der Waals surface area contributed by atoms with Crippen LogP contribution in [0.4, 0.5) is 11.5 Å². The maximum Gasteiger partial charge on any atom is 0.137 e. The predicted molar refractivity (Wildman–Crippen MR) is 78.0 cm³/mol. The SMILES string of the molecule is ClCc1ccccc1Nc1ncnc2c1CCCC2. The van der Waals surface area contributed by atoms with Gasteiger partial charge in [0.2, 0.25) is 0 Å². The zero-order valence-electron chi connectivity index (χ0n) is 10.7. The lowest BCUT2D eigenvalue weighted by Gasteiger charge is -2.18. The van der Waals surface area contributed by atoms with E-state index in [1.54, 1.807) is 6.33 Å². The molecule has 1 aliphatic rings. The van der Waals surface area contributed by atoms with Crippen LogP contribution in [0, 0.1) is 0 Å². The van der Waals surface area contributed by atoms with Crippen LogP contribution in [-0.4, -0.2) is 9.97 Å². The quantitative estimate of drug-likeness (QED) is 0.864. The Labute approximate surface area is 118 Å². The van der Waals surface area contributed by atoms with E-state index in [4.69, 9.17) is 11.6 Å². The molecule has 0 aliphatic heterocycles. The molecule has 3 rings (SSSR count). The minimum atomic E-state index is 0.496. The Bertz CT molecular complexity index is 583. The zero-order chi connectivity index (χ0) is 13.1. The summed E-state index contributed by atoms with van der Waals surface area (Å²) in [7, 11) is 0. The van der Waals surface area contributed by atoms with Crippen molar-refractivity contribution >= 4 is 23.1 Å². The van der Waals surface area contributed by atoms with Crippen molar-refractivity contribution in [2.75, 3.05) is 5.32 Å². The van der Waals surface area contributed by atoms with Crippen LogP contribution in [0.2, 0.25) is 0 Å². The fourth-order valence-electron chi connectivity index (χ4n) is 2.52. The first kappa shape index (κ1) is 12.4. The van der Waals surface area contributed by atoms with Crippen LogP contribution < -0.4 is 5.32 Å². The Kier molecular flexibility index (Phi) is 3.65. The van der Waals surface area contributed by atoms with Crippen LogP contribution >= 0.6 is 11.6 Å². The molecular formula is C15H16ClN3. The van der Waals surface area contributed by atoms with Gasteiger partial charge < -0.3 is 5.32 Å². The third kappa shape index (κ3) is 2.56. The lowest BCUT2D eigenvalue weighted by atomic mass is 9.96. The van der Waals surface area contributed by atoms with Gasteiger partial charge in [0.05, 0.1) is 0 Å². The van der Waals surface area contributed by atoms with Crippen molar-refractivity contribution in [1.29, 1.82) is 0 Å². The summed E-state index contributed by atoms with van der Waals surface area (Å²) in [6.45, 7) is 0. The second kappa shape index (κ2) is 5.57. The number of fused-ring (bicyclic) bond motifs is 1. The number of hydrogen-bond donors (Lipinski definition) is 1. The van der Waals surface area contributed by atoms with Gasteiger partial charge in [0, 0.05) is 22.8 Å². The van der Waals surface area contributed by atoms with E-state index in [0.717, 1.165) is 29.9 Å². The summed E-state index contributed by atoms with van der Waals surface area (Å²) in [4.78, 5) is 8.78. The molecule has 0 atom stereocenters. The Hall–Kier alpha value is -1.61. The molecule has 3 nitrogen and oxygen atoms in total. The number of nitrogens with zero attached hydrogens (tertiary/aromatic N) is 2. The van der Waals surface area contributed by atoms with Gasteiger partial charge >= 0.3 is 0 Å². The topological polar surface area (TPSA) is 37.8 Å². The standard InChI is InChI=1S/C15H16ClN3/c16-9-11-5-1-3-7-13(11)19-15-12-6-2-4-8-14(12)17-10-18-15/h1,3,5,7,10H,2,4,6,8-9H2,(H,17,18,19). The van der Waals surface area contributed by atoms with Crippen molar-refractivity contribution in [2.24, 2.45) is 0 Å². The van der Waals surface area contributed by atoms with Gasteiger partial charge in [-0.3, -0.25) is 0 Å². The Morgan fingerprint density at radius 1 is 1.11 bits per heavy atom. The third-order valence-corrected chi connectivity index (χ3v) is 3.83. The van der Waals surface area contributed by atoms with Crippen LogP contribution in [0.1, 0.15) is 29.7 Å². The van der Waals surface area contributed by atoms with E-state index in [0.29, 0.717) is 5.88 Å². The number of halogens is 1. The van der Waals surface area contributed by atoms with Crippen molar-refractivity contribution in [1.82, 2.24) is 9.97 Å². The molecule has 0 radical (unpaired) electrons. The van der Waals surface area contributed by atoms with Gasteiger partial charge in [0.1, 0.15) is 12.1 Å². The molecule has 0 saturated carbocycles. The van der Waals surface area contributed by atoms with E-state index in [1.165, 1.54) is 24.1 Å². The summed E-state index contributed by atoms with van der Waals surface area (Å²) < 4.78 is 0. The zero-order valence-corrected chi connectivity index (χ0v) is 11.5. The largest absolute Gasteiger partial charge is 0.340 e. The average Bonchev–Trinajstić information content (AvgIpc) is 2.48. The first-order valence-corrected chi connectivity index (χ1v) is 7.15. The van der Waals surface area contributed by atoms with Crippen molar-refractivity contribution in [3.05, 3.63) is 47.4 Å². The normalized spacial score (nSPS) is 13.9. The molecule has 0 unspecified atom stereocenters. The lowest BCUT2D eigenvalue weighted by molar-refractivity contribution is 0.664. The lowest BCUT2D eigenvalue weighted by Crippen LogP contribution is -2.10. The number of aryl methyl sites for hydroxylation is 1. The monoisotopic (exact) mass is 273 g/mol. The van der Waals surface area contributed by atoms with Crippen LogP contribution in [0.3, 0.4) is 0 Å². The molecule has 4 heteroatoms. The van der Waals surface area contributed by atoms with E-state index in [-0.39, 0.29) is 0 Å². The molecule has 0 saturated heterocycles. The highest BCUT2D eigenvalue weighted by atomic mass is 35.5. The second-order valence-corrected chi connectivity index (χ2v) is 5.04. The smallest absolute Gasteiger partial charge is 0.137 e. The minimum absolute atomic E-state index is 0.496. The molecule has 19 heavy (non-hydrogen) atoms. The molecule has 0 amide bonds. The molecule has 1 aromatic carbocycles. The Balaban J connectivity index is 1.95. The maximum absolute atomic E-state index is 5.97. The first-order chi connectivity index (χ1) is 9.38. The van der Waals surface area contributed by atoms with Crippen LogP contribution in [0.15, 0.2) is 30.6 Å². The Morgan fingerprint density at radius 2 is 1.95 bits per heavy atom. The van der Waals surface area contributed by atoms with Crippen LogP contribution in [0.25, 0.3) is 0 Å². The van der Waals surface area contributed by atoms with E-state index in [9.17, 15) is 0 Å². The first-order valence-electron chi connectivity index (χ1n) is 6.62. The second-order valence-electron chi connectivity index (χ2n) is 4.77. The number of alkyl halides is 1. The van der Waals surface area contributed by atoms with Crippen LogP contribution in [-0.2, 0) is 18.7 Å². The summed E-state index contributed by atoms with van der Waals surface area (Å²) in [6.07, 6.45) is 6.20. The molecule has 2 aromatic rings. The van der Waals surface area contributed by atoms with E-state index in [1.807, 2.05) is 24.3 Å². The van der Waals surface area contributed by atoms with Crippen molar-refractivity contribution < 1.29 is 0 Å². The van der Waals surface area contributed by atoms with Gasteiger partial charge in [-0.2, -0.15) is 0 Å². The highest BCUT2D eigenvalue weighted by Crippen LogP contribution is 2.28. The van der Waals surface area contributed by atoms with Gasteiger partial charge in [-0.25, -0.2) is 9.97 Å². The predicted octanol–water partition coefficient (Wildman–Crippen LogP) is 3.84. The number of para-hydroxylation sites is 1. The highest BCUT2D eigenvalue weighted by molar-refractivity contribution is 6.17. The van der Waals surface area contributed by atoms with Crippen molar-refractivity contribution in [3.63, 3.8) is 0 Å². The summed E-state index contributed by atoms with van der Waals surface area (Å²) >= 11 is 5.97. The maximum atomic E-state index is 5.97. The number of rotatable bonds is 3. The van der Waals surface area contributed by atoms with E-state index < -0.39 is 0 Å². The number of nitrogens with one attached hydrogen (secondary N) is 1. The summed E-state index contributed by atoms with van der Waals surface area (Å²) in [6, 6.07) is 8.07. The van der Waals surface area contributed by atoms with E-state index >= 15 is 0 Å². The number of aromatic nitrogens is 2. The minimum Gasteiger partial charge on any atom is -0.340 e. The fraction of sp³-hybridized carbons (Fsp3) is 0.333. The highest BCUT2D eigenvalue weighted by Gasteiger charge is 2.15. The number of hydrogen-bond acceptors (Lipinski definition) is 3. The van der Waals surface area contributed by atoms with Gasteiger partial charge in [-0.1, -0.05) is 18.2 Å². The molecule has 1 aliphatic carbocycles. The van der Waals surface area contributed by atoms with Crippen molar-refractivity contribution in [2.45, 2.75) is 31.6 Å².